The van der Waals surface area contributed by atoms with Crippen molar-refractivity contribution in [2.75, 3.05) is 17.2 Å². The molecular formula is C19H20N6OS2. The zero-order valence-electron chi connectivity index (χ0n) is 15.7. The second-order valence-electron chi connectivity index (χ2n) is 6.21. The first-order valence-electron chi connectivity index (χ1n) is 8.74. The Morgan fingerprint density at radius 1 is 1.32 bits per heavy atom. The molecule has 1 amide bonds. The maximum Gasteiger partial charge on any atom is 0.237 e. The maximum absolute atomic E-state index is 12.9. The van der Waals surface area contributed by atoms with E-state index >= 15 is 0 Å². The number of thiophene rings is 1. The number of tetrazole rings is 1. The van der Waals surface area contributed by atoms with Gasteiger partial charge in [0.15, 0.2) is 0 Å². The molecular weight excluding hydrogens is 392 g/mol. The number of hydrogen-bond acceptors (Lipinski definition) is 7. The van der Waals surface area contributed by atoms with Crippen LogP contribution in [0.4, 0.5) is 5.69 Å². The van der Waals surface area contributed by atoms with Crippen LogP contribution in [0.3, 0.4) is 0 Å². The van der Waals surface area contributed by atoms with Gasteiger partial charge in [-0.3, -0.25) is 4.79 Å². The summed E-state index contributed by atoms with van der Waals surface area (Å²) in [6.07, 6.45) is 0.277. The lowest BCUT2D eigenvalue weighted by molar-refractivity contribution is -0.116. The van der Waals surface area contributed by atoms with Crippen molar-refractivity contribution in [3.63, 3.8) is 0 Å². The van der Waals surface area contributed by atoms with E-state index < -0.39 is 0 Å². The number of rotatable bonds is 8. The number of aromatic nitrogens is 4. The molecule has 0 atom stereocenters. The third-order valence-electron chi connectivity index (χ3n) is 4.26. The lowest BCUT2D eigenvalue weighted by Crippen LogP contribution is -2.33. The molecule has 1 aromatic carbocycles. The third kappa shape index (κ3) is 4.97. The summed E-state index contributed by atoms with van der Waals surface area (Å²) in [6.45, 7) is 4.98. The van der Waals surface area contributed by atoms with E-state index in [1.165, 1.54) is 17.3 Å². The van der Waals surface area contributed by atoms with E-state index in [1.807, 2.05) is 49.6 Å². The van der Waals surface area contributed by atoms with Crippen LogP contribution < -0.4 is 4.90 Å². The van der Waals surface area contributed by atoms with Crippen molar-refractivity contribution in [2.24, 2.45) is 0 Å². The molecule has 0 N–H and O–H groups in total. The second-order valence-corrected chi connectivity index (χ2v) is 8.18. The first-order valence-corrected chi connectivity index (χ1v) is 10.6. The summed E-state index contributed by atoms with van der Waals surface area (Å²) in [6, 6.07) is 12.0. The van der Waals surface area contributed by atoms with Crippen molar-refractivity contribution in [1.29, 1.82) is 5.26 Å². The fraction of sp³-hybridized carbons (Fsp3) is 0.316. The Kier molecular flexibility index (Phi) is 6.79. The quantitative estimate of drug-likeness (QED) is 0.527. The van der Waals surface area contributed by atoms with E-state index in [9.17, 15) is 4.79 Å². The predicted molar refractivity (Wildman–Crippen MR) is 110 cm³/mol. The van der Waals surface area contributed by atoms with Crippen LogP contribution in [0.5, 0.6) is 0 Å². The highest BCUT2D eigenvalue weighted by molar-refractivity contribution is 7.99. The van der Waals surface area contributed by atoms with Crippen molar-refractivity contribution in [3.05, 3.63) is 51.7 Å². The van der Waals surface area contributed by atoms with E-state index in [2.05, 4.69) is 21.6 Å². The number of thioether (sulfide) groups is 1. The van der Waals surface area contributed by atoms with Gasteiger partial charge in [-0.15, -0.1) is 16.4 Å². The van der Waals surface area contributed by atoms with Crippen molar-refractivity contribution in [1.82, 2.24) is 20.2 Å². The normalized spacial score (nSPS) is 10.6. The Bertz CT molecular complexity index is 977. The summed E-state index contributed by atoms with van der Waals surface area (Å²) in [5.41, 5.74) is 3.08. The molecule has 0 saturated carbocycles. The molecule has 0 fully saturated rings. The van der Waals surface area contributed by atoms with Crippen LogP contribution in [0.15, 0.2) is 40.9 Å². The third-order valence-corrected chi connectivity index (χ3v) is 6.06. The number of carbonyl (C=O) groups excluding carboxylic acids is 1. The topological polar surface area (TPSA) is 87.7 Å². The molecule has 3 aromatic rings. The highest BCUT2D eigenvalue weighted by Gasteiger charge is 2.18. The molecule has 2 aromatic heterocycles. The minimum Gasteiger partial charge on any atom is -0.311 e. The summed E-state index contributed by atoms with van der Waals surface area (Å²) < 4.78 is 1.69. The number of nitrogens with zero attached hydrogens (tertiary/aromatic N) is 6. The van der Waals surface area contributed by atoms with Gasteiger partial charge in [0.25, 0.3) is 0 Å². The first-order chi connectivity index (χ1) is 13.6. The zero-order chi connectivity index (χ0) is 19.9. The van der Waals surface area contributed by atoms with Gasteiger partial charge < -0.3 is 4.90 Å². The van der Waals surface area contributed by atoms with Crippen LogP contribution in [0.1, 0.15) is 22.4 Å². The molecule has 3 rings (SSSR count). The van der Waals surface area contributed by atoms with Gasteiger partial charge in [0.05, 0.1) is 24.8 Å². The predicted octanol–water partition coefficient (Wildman–Crippen LogP) is 3.44. The number of aryl methyl sites for hydroxylation is 2. The summed E-state index contributed by atoms with van der Waals surface area (Å²) in [5, 5.41) is 23.3. The van der Waals surface area contributed by atoms with Crippen LogP contribution in [-0.2, 0) is 11.3 Å². The Labute approximate surface area is 172 Å². The van der Waals surface area contributed by atoms with Gasteiger partial charge in [-0.2, -0.15) is 5.26 Å². The van der Waals surface area contributed by atoms with Crippen molar-refractivity contribution in [3.8, 4) is 6.07 Å². The summed E-state index contributed by atoms with van der Waals surface area (Å²) in [4.78, 5) is 15.7. The Morgan fingerprint density at radius 3 is 2.89 bits per heavy atom. The lowest BCUT2D eigenvalue weighted by Gasteiger charge is -2.22. The molecule has 0 radical (unpaired) electrons. The smallest absolute Gasteiger partial charge is 0.237 e. The van der Waals surface area contributed by atoms with E-state index in [4.69, 9.17) is 5.26 Å². The van der Waals surface area contributed by atoms with Gasteiger partial charge in [-0.25, -0.2) is 4.68 Å². The van der Waals surface area contributed by atoms with E-state index in [0.29, 0.717) is 18.2 Å². The highest BCUT2D eigenvalue weighted by atomic mass is 32.2. The van der Waals surface area contributed by atoms with Crippen molar-refractivity contribution < 1.29 is 4.79 Å². The van der Waals surface area contributed by atoms with E-state index in [0.717, 1.165) is 16.1 Å². The fourth-order valence-corrected chi connectivity index (χ4v) is 4.05. The SMILES string of the molecule is Cc1ccc(N(CCC#N)C(=O)CSc2nnnn2Cc2cccs2)cc1C. The molecule has 0 aliphatic carbocycles. The van der Waals surface area contributed by atoms with E-state index in [-0.39, 0.29) is 18.1 Å². The minimum atomic E-state index is -0.0748. The Morgan fingerprint density at radius 2 is 2.18 bits per heavy atom. The zero-order valence-corrected chi connectivity index (χ0v) is 17.3. The number of amides is 1. The number of carbonyl (C=O) groups is 1. The van der Waals surface area contributed by atoms with Gasteiger partial charge in [-0.05, 0) is 59.0 Å². The van der Waals surface area contributed by atoms with Crippen LogP contribution in [-0.4, -0.2) is 38.4 Å². The molecule has 2 heterocycles. The minimum absolute atomic E-state index is 0.0748. The molecule has 0 saturated heterocycles. The first kappa shape index (κ1) is 20.0. The molecule has 144 valence electrons. The molecule has 0 bridgehead atoms. The highest BCUT2D eigenvalue weighted by Crippen LogP contribution is 2.22. The van der Waals surface area contributed by atoms with Crippen LogP contribution >= 0.6 is 23.1 Å². The van der Waals surface area contributed by atoms with Crippen LogP contribution in [0.25, 0.3) is 0 Å². The molecule has 28 heavy (non-hydrogen) atoms. The lowest BCUT2D eigenvalue weighted by atomic mass is 10.1. The average molecular weight is 413 g/mol. The molecule has 7 nitrogen and oxygen atoms in total. The summed E-state index contributed by atoms with van der Waals surface area (Å²) in [7, 11) is 0. The summed E-state index contributed by atoms with van der Waals surface area (Å²) >= 11 is 2.94. The van der Waals surface area contributed by atoms with Crippen molar-refractivity contribution >= 4 is 34.7 Å². The largest absolute Gasteiger partial charge is 0.311 e. The van der Waals surface area contributed by atoms with Crippen LogP contribution in [0, 0.1) is 25.2 Å². The summed E-state index contributed by atoms with van der Waals surface area (Å²) in [5.74, 6) is 0.123. The van der Waals surface area contributed by atoms with Gasteiger partial charge in [0, 0.05) is 17.1 Å². The van der Waals surface area contributed by atoms with Gasteiger partial charge in [0.1, 0.15) is 0 Å². The Hall–Kier alpha value is -2.70. The fourth-order valence-electron chi connectivity index (χ4n) is 2.61. The number of anilines is 1. The number of hydrogen-bond donors (Lipinski definition) is 0. The second kappa shape index (κ2) is 9.48. The molecule has 9 heteroatoms. The van der Waals surface area contributed by atoms with Crippen LogP contribution in [0.2, 0.25) is 0 Å². The van der Waals surface area contributed by atoms with Gasteiger partial charge in [0.2, 0.25) is 11.1 Å². The molecule has 0 aliphatic heterocycles. The Balaban J connectivity index is 1.70. The molecule has 0 aliphatic rings. The van der Waals surface area contributed by atoms with Gasteiger partial charge >= 0.3 is 0 Å². The van der Waals surface area contributed by atoms with E-state index in [1.54, 1.807) is 20.9 Å². The van der Waals surface area contributed by atoms with Crippen molar-refractivity contribution in [2.45, 2.75) is 32.0 Å². The number of benzene rings is 1. The molecule has 0 unspecified atom stereocenters. The molecule has 0 spiro atoms. The number of nitriles is 1. The maximum atomic E-state index is 12.9. The standard InChI is InChI=1S/C19H20N6OS2/c1-14-6-7-16(11-15(14)2)24(9-4-8-20)18(26)13-28-19-21-22-23-25(19)12-17-5-3-10-27-17/h3,5-7,10-11H,4,9,12-13H2,1-2H3. The average Bonchev–Trinajstić information content (AvgIpc) is 3.35. The van der Waals surface area contributed by atoms with Gasteiger partial charge in [-0.1, -0.05) is 23.9 Å². The monoisotopic (exact) mass is 412 g/mol.